The van der Waals surface area contributed by atoms with Crippen molar-refractivity contribution < 1.29 is 9.47 Å². The first-order valence-electron chi connectivity index (χ1n) is 11.2. The number of anilines is 1. The lowest BCUT2D eigenvalue weighted by Gasteiger charge is -2.29. The highest BCUT2D eigenvalue weighted by atomic mass is 16.5. The minimum atomic E-state index is 0.520. The summed E-state index contributed by atoms with van der Waals surface area (Å²) in [6.07, 6.45) is 1.96. The van der Waals surface area contributed by atoms with Gasteiger partial charge in [-0.1, -0.05) is 42.5 Å². The third kappa shape index (κ3) is 3.90. The summed E-state index contributed by atoms with van der Waals surface area (Å²) in [6.45, 7) is 3.56. The molecule has 0 amide bonds. The van der Waals surface area contributed by atoms with E-state index in [0.29, 0.717) is 25.6 Å². The fourth-order valence-electron chi connectivity index (χ4n) is 4.32. The van der Waals surface area contributed by atoms with Crippen molar-refractivity contribution in [1.82, 2.24) is 15.0 Å². The summed E-state index contributed by atoms with van der Waals surface area (Å²) in [7, 11) is 0. The molecule has 0 radical (unpaired) electrons. The predicted octanol–water partition coefficient (Wildman–Crippen LogP) is 5.19. The fraction of sp³-hybridized carbons (Fsp3) is 0.185. The van der Waals surface area contributed by atoms with Gasteiger partial charge in [-0.3, -0.25) is 0 Å². The maximum absolute atomic E-state index is 6.06. The van der Waals surface area contributed by atoms with Gasteiger partial charge in [-0.05, 0) is 35.9 Å². The highest BCUT2D eigenvalue weighted by molar-refractivity contribution is 6.08. The number of aromatic amines is 1. The van der Waals surface area contributed by atoms with Crippen LogP contribution in [0.15, 0.2) is 79.0 Å². The number of ether oxygens (including phenoxy) is 2. The topological polar surface area (TPSA) is 63.3 Å². The molecule has 0 atom stereocenters. The summed E-state index contributed by atoms with van der Waals surface area (Å²) in [5.41, 5.74) is 4.09. The van der Waals surface area contributed by atoms with Crippen LogP contribution in [-0.4, -0.2) is 41.3 Å². The van der Waals surface area contributed by atoms with Crippen LogP contribution in [0.25, 0.3) is 33.2 Å². The zero-order chi connectivity index (χ0) is 22.0. The molecule has 0 saturated carbocycles. The summed E-state index contributed by atoms with van der Waals surface area (Å²) in [5, 5.41) is 2.16. The third-order valence-electron chi connectivity index (χ3n) is 6.03. The van der Waals surface area contributed by atoms with Crippen LogP contribution >= 0.6 is 0 Å². The number of aromatic nitrogens is 3. The van der Waals surface area contributed by atoms with E-state index in [0.717, 1.165) is 57.6 Å². The van der Waals surface area contributed by atoms with E-state index < -0.39 is 0 Å². The maximum Gasteiger partial charge on any atom is 0.162 e. The van der Waals surface area contributed by atoms with Crippen molar-refractivity contribution in [2.45, 2.75) is 6.61 Å². The van der Waals surface area contributed by atoms with Gasteiger partial charge in [0.2, 0.25) is 0 Å². The molecule has 0 unspecified atom stereocenters. The standard InChI is InChI=1S/C27H24N4O2/c1-2-5-19(6-3-1)18-33-21-8-4-7-20(17-21)26-29-25-22-11-12-28-24(22)10-9-23(25)27(30-26)31-13-15-32-16-14-31/h1-12,17,28H,13-16,18H2. The van der Waals surface area contributed by atoms with Gasteiger partial charge < -0.3 is 19.4 Å². The van der Waals surface area contributed by atoms with E-state index in [4.69, 9.17) is 19.4 Å². The minimum absolute atomic E-state index is 0.520. The molecule has 6 heteroatoms. The van der Waals surface area contributed by atoms with Gasteiger partial charge in [-0.25, -0.2) is 9.97 Å². The first-order chi connectivity index (χ1) is 16.3. The van der Waals surface area contributed by atoms with Crippen LogP contribution < -0.4 is 9.64 Å². The quantitative estimate of drug-likeness (QED) is 0.411. The molecule has 164 valence electrons. The molecule has 5 aromatic rings. The molecule has 0 aliphatic carbocycles. The lowest BCUT2D eigenvalue weighted by Crippen LogP contribution is -2.37. The SMILES string of the molecule is c1ccc(COc2cccc(-c3nc(N4CCOCC4)c4ccc5[nH]ccc5c4n3)c2)cc1. The van der Waals surface area contributed by atoms with Crippen LogP contribution in [0, 0.1) is 0 Å². The van der Waals surface area contributed by atoms with E-state index >= 15 is 0 Å². The number of H-pyrrole nitrogens is 1. The molecule has 1 saturated heterocycles. The Balaban J connectivity index is 1.42. The normalized spacial score (nSPS) is 14.1. The highest BCUT2D eigenvalue weighted by Crippen LogP contribution is 2.33. The van der Waals surface area contributed by atoms with E-state index in [1.807, 2.05) is 48.7 Å². The Bertz CT molecular complexity index is 1410. The van der Waals surface area contributed by atoms with Crippen molar-refractivity contribution in [2.24, 2.45) is 0 Å². The van der Waals surface area contributed by atoms with Gasteiger partial charge in [0.25, 0.3) is 0 Å². The Kier molecular flexibility index (Phi) is 5.13. The van der Waals surface area contributed by atoms with E-state index in [2.05, 4.69) is 40.2 Å². The van der Waals surface area contributed by atoms with Crippen LogP contribution in [-0.2, 0) is 11.3 Å². The van der Waals surface area contributed by atoms with Crippen LogP contribution in [0.4, 0.5) is 5.82 Å². The summed E-state index contributed by atoms with van der Waals surface area (Å²) in [5.74, 6) is 2.45. The van der Waals surface area contributed by atoms with Crippen LogP contribution in [0.5, 0.6) is 5.75 Å². The van der Waals surface area contributed by atoms with Gasteiger partial charge in [0, 0.05) is 41.1 Å². The number of fused-ring (bicyclic) bond motifs is 3. The summed E-state index contributed by atoms with van der Waals surface area (Å²) >= 11 is 0. The summed E-state index contributed by atoms with van der Waals surface area (Å²) < 4.78 is 11.6. The number of nitrogens with one attached hydrogen (secondary N) is 1. The van der Waals surface area contributed by atoms with Crippen molar-refractivity contribution in [3.05, 3.63) is 84.6 Å². The van der Waals surface area contributed by atoms with Crippen LogP contribution in [0.3, 0.4) is 0 Å². The Hall–Kier alpha value is -3.90. The smallest absolute Gasteiger partial charge is 0.162 e. The molecule has 6 nitrogen and oxygen atoms in total. The number of hydrogen-bond donors (Lipinski definition) is 1. The molecule has 1 aliphatic heterocycles. The number of morpholine rings is 1. The fourth-order valence-corrected chi connectivity index (χ4v) is 4.32. The van der Waals surface area contributed by atoms with Gasteiger partial charge in [-0.15, -0.1) is 0 Å². The molecule has 1 fully saturated rings. The summed E-state index contributed by atoms with van der Waals surface area (Å²) in [4.78, 5) is 15.6. The zero-order valence-electron chi connectivity index (χ0n) is 18.2. The van der Waals surface area contributed by atoms with E-state index in [1.165, 1.54) is 0 Å². The number of hydrogen-bond acceptors (Lipinski definition) is 5. The lowest BCUT2D eigenvalue weighted by molar-refractivity contribution is 0.122. The average molecular weight is 437 g/mol. The monoisotopic (exact) mass is 436 g/mol. The van der Waals surface area contributed by atoms with Gasteiger partial charge >= 0.3 is 0 Å². The predicted molar refractivity (Wildman–Crippen MR) is 131 cm³/mol. The van der Waals surface area contributed by atoms with E-state index in [9.17, 15) is 0 Å². The zero-order valence-corrected chi connectivity index (χ0v) is 18.2. The van der Waals surface area contributed by atoms with Crippen molar-refractivity contribution in [1.29, 1.82) is 0 Å². The molecular weight excluding hydrogens is 412 g/mol. The Morgan fingerprint density at radius 2 is 1.76 bits per heavy atom. The summed E-state index contributed by atoms with van der Waals surface area (Å²) in [6, 6.07) is 24.5. The first kappa shape index (κ1) is 19.8. The maximum atomic E-state index is 6.06. The van der Waals surface area contributed by atoms with Crippen molar-refractivity contribution in [3.8, 4) is 17.1 Å². The Morgan fingerprint density at radius 1 is 0.879 bits per heavy atom. The number of rotatable bonds is 5. The van der Waals surface area contributed by atoms with Crippen LogP contribution in [0.1, 0.15) is 5.56 Å². The Labute approximate surface area is 191 Å². The molecule has 2 aromatic heterocycles. The molecule has 1 aliphatic rings. The van der Waals surface area contributed by atoms with Crippen molar-refractivity contribution >= 4 is 27.6 Å². The largest absolute Gasteiger partial charge is 0.489 e. The van der Waals surface area contributed by atoms with Gasteiger partial charge in [0.1, 0.15) is 18.2 Å². The second kappa shape index (κ2) is 8.56. The highest BCUT2D eigenvalue weighted by Gasteiger charge is 2.19. The molecule has 0 bridgehead atoms. The second-order valence-electron chi connectivity index (χ2n) is 8.17. The Morgan fingerprint density at radius 3 is 2.64 bits per heavy atom. The van der Waals surface area contributed by atoms with Gasteiger partial charge in [0.15, 0.2) is 5.82 Å². The first-order valence-corrected chi connectivity index (χ1v) is 11.2. The molecule has 3 aromatic carbocycles. The lowest BCUT2D eigenvalue weighted by atomic mass is 10.1. The second-order valence-corrected chi connectivity index (χ2v) is 8.17. The molecule has 33 heavy (non-hydrogen) atoms. The van der Waals surface area contributed by atoms with Gasteiger partial charge in [-0.2, -0.15) is 0 Å². The molecular formula is C27H24N4O2. The molecule has 6 rings (SSSR count). The minimum Gasteiger partial charge on any atom is -0.489 e. The molecule has 0 spiro atoms. The number of nitrogens with zero attached hydrogens (tertiary/aromatic N) is 3. The van der Waals surface area contributed by atoms with Crippen molar-refractivity contribution in [3.63, 3.8) is 0 Å². The molecule has 3 heterocycles. The van der Waals surface area contributed by atoms with Gasteiger partial charge in [0.05, 0.1) is 18.7 Å². The van der Waals surface area contributed by atoms with E-state index in [1.54, 1.807) is 0 Å². The van der Waals surface area contributed by atoms with Crippen LogP contribution in [0.2, 0.25) is 0 Å². The van der Waals surface area contributed by atoms with E-state index in [-0.39, 0.29) is 0 Å². The van der Waals surface area contributed by atoms with Crippen molar-refractivity contribution in [2.75, 3.05) is 31.2 Å². The number of benzene rings is 3. The third-order valence-corrected chi connectivity index (χ3v) is 6.03. The molecule has 1 N–H and O–H groups in total. The average Bonchev–Trinajstić information content (AvgIpc) is 3.38.